The number of hydrogen-bond acceptors (Lipinski definition) is 2. The van der Waals surface area contributed by atoms with E-state index < -0.39 is 0 Å². The molecule has 1 aromatic carbocycles. The van der Waals surface area contributed by atoms with Gasteiger partial charge in [-0.25, -0.2) is 0 Å². The molecule has 0 aliphatic carbocycles. The highest BCUT2D eigenvalue weighted by Gasteiger charge is 2.19. The van der Waals surface area contributed by atoms with Gasteiger partial charge in [-0.3, -0.25) is 0 Å². The third-order valence-electron chi connectivity index (χ3n) is 2.74. The predicted octanol–water partition coefficient (Wildman–Crippen LogP) is 2.78. The molecule has 0 radical (unpaired) electrons. The molecule has 2 nitrogen and oxygen atoms in total. The summed E-state index contributed by atoms with van der Waals surface area (Å²) in [4.78, 5) is 0. The normalized spacial score (nSPS) is 21.4. The van der Waals surface area contributed by atoms with Crippen LogP contribution in [0.4, 0.5) is 0 Å². The lowest BCUT2D eigenvalue weighted by atomic mass is 10.0. The topological polar surface area (TPSA) is 32.3 Å². The quantitative estimate of drug-likeness (QED) is 0.749. The van der Waals surface area contributed by atoms with E-state index in [-0.39, 0.29) is 6.04 Å². The third kappa shape index (κ3) is 1.72. The molecule has 0 bridgehead atoms. The standard InChI is InChI=1S/C11H14ClNO/c1-7-5-11(14)8(6-9(7)12)10-3-2-4-13-10/h5-6,10,13-14H,2-4H2,1H3. The Morgan fingerprint density at radius 1 is 1.50 bits per heavy atom. The Morgan fingerprint density at radius 2 is 2.29 bits per heavy atom. The Labute approximate surface area is 88.9 Å². The lowest BCUT2D eigenvalue weighted by Gasteiger charge is -2.13. The fourth-order valence-electron chi connectivity index (χ4n) is 1.91. The molecule has 0 amide bonds. The fraction of sp³-hybridized carbons (Fsp3) is 0.455. The van der Waals surface area contributed by atoms with E-state index in [1.165, 1.54) is 0 Å². The Morgan fingerprint density at radius 3 is 2.93 bits per heavy atom. The van der Waals surface area contributed by atoms with Crippen molar-refractivity contribution in [3.63, 3.8) is 0 Å². The first-order valence-electron chi connectivity index (χ1n) is 4.91. The third-order valence-corrected chi connectivity index (χ3v) is 3.15. The maximum absolute atomic E-state index is 9.78. The van der Waals surface area contributed by atoms with Crippen molar-refractivity contribution < 1.29 is 5.11 Å². The molecule has 1 atom stereocenters. The molecule has 1 saturated heterocycles. The smallest absolute Gasteiger partial charge is 0.120 e. The lowest BCUT2D eigenvalue weighted by Crippen LogP contribution is -2.13. The van der Waals surface area contributed by atoms with E-state index in [0.717, 1.165) is 35.5 Å². The summed E-state index contributed by atoms with van der Waals surface area (Å²) in [6, 6.07) is 3.88. The van der Waals surface area contributed by atoms with Crippen LogP contribution in [0.2, 0.25) is 5.02 Å². The van der Waals surface area contributed by atoms with Gasteiger partial charge >= 0.3 is 0 Å². The molecule has 0 saturated carbocycles. The van der Waals surface area contributed by atoms with Crippen LogP contribution < -0.4 is 5.32 Å². The molecule has 0 spiro atoms. The summed E-state index contributed by atoms with van der Waals surface area (Å²) >= 11 is 6.03. The van der Waals surface area contributed by atoms with Crippen molar-refractivity contribution in [1.82, 2.24) is 5.32 Å². The van der Waals surface area contributed by atoms with Crippen LogP contribution in [-0.4, -0.2) is 11.7 Å². The first kappa shape index (κ1) is 9.81. The van der Waals surface area contributed by atoms with Crippen molar-refractivity contribution in [2.45, 2.75) is 25.8 Å². The van der Waals surface area contributed by atoms with Crippen LogP contribution in [-0.2, 0) is 0 Å². The monoisotopic (exact) mass is 211 g/mol. The molecule has 1 aliphatic rings. The van der Waals surface area contributed by atoms with Gasteiger partial charge in [-0.1, -0.05) is 11.6 Å². The van der Waals surface area contributed by atoms with Crippen LogP contribution in [0.1, 0.15) is 30.0 Å². The molecule has 2 N–H and O–H groups in total. The number of benzene rings is 1. The Kier molecular flexibility index (Phi) is 2.66. The summed E-state index contributed by atoms with van der Waals surface area (Å²) in [6.07, 6.45) is 2.24. The molecule has 76 valence electrons. The first-order chi connectivity index (χ1) is 6.68. The van der Waals surface area contributed by atoms with Crippen molar-refractivity contribution in [2.75, 3.05) is 6.54 Å². The molecule has 3 heteroatoms. The van der Waals surface area contributed by atoms with Crippen molar-refractivity contribution in [2.24, 2.45) is 0 Å². The molecule has 14 heavy (non-hydrogen) atoms. The van der Waals surface area contributed by atoms with Crippen molar-refractivity contribution in [1.29, 1.82) is 0 Å². The van der Waals surface area contributed by atoms with Gasteiger partial charge in [0.25, 0.3) is 0 Å². The van der Waals surface area contributed by atoms with Crippen LogP contribution in [0.15, 0.2) is 12.1 Å². The molecule has 1 aliphatic heterocycles. The zero-order valence-corrected chi connectivity index (χ0v) is 8.93. The van der Waals surface area contributed by atoms with Gasteiger partial charge < -0.3 is 10.4 Å². The molecule has 1 unspecified atom stereocenters. The number of phenols is 1. The molecule has 0 aromatic heterocycles. The number of aromatic hydroxyl groups is 1. The SMILES string of the molecule is Cc1cc(O)c(C2CCCN2)cc1Cl. The largest absolute Gasteiger partial charge is 0.508 e. The number of phenolic OH excluding ortho intramolecular Hbond substituents is 1. The zero-order chi connectivity index (χ0) is 10.1. The second-order valence-corrected chi connectivity index (χ2v) is 4.22. The number of halogens is 1. The van der Waals surface area contributed by atoms with E-state index in [9.17, 15) is 5.11 Å². The first-order valence-corrected chi connectivity index (χ1v) is 5.28. The van der Waals surface area contributed by atoms with Gasteiger partial charge in [0, 0.05) is 16.6 Å². The van der Waals surface area contributed by atoms with Crippen LogP contribution in [0.25, 0.3) is 0 Å². The van der Waals surface area contributed by atoms with Crippen LogP contribution in [0.5, 0.6) is 5.75 Å². The number of rotatable bonds is 1. The summed E-state index contributed by atoms with van der Waals surface area (Å²) in [5, 5.41) is 13.8. The van der Waals surface area contributed by atoms with Gasteiger partial charge in [0.15, 0.2) is 0 Å². The average Bonchev–Trinajstić information content (AvgIpc) is 2.64. The second-order valence-electron chi connectivity index (χ2n) is 3.81. The molecule has 2 rings (SSSR count). The van der Waals surface area contributed by atoms with Crippen molar-refractivity contribution >= 4 is 11.6 Å². The highest BCUT2D eigenvalue weighted by molar-refractivity contribution is 6.31. The van der Waals surface area contributed by atoms with E-state index in [1.54, 1.807) is 6.07 Å². The van der Waals surface area contributed by atoms with Crippen LogP contribution in [0.3, 0.4) is 0 Å². The summed E-state index contributed by atoms with van der Waals surface area (Å²) in [5.74, 6) is 0.353. The van der Waals surface area contributed by atoms with E-state index >= 15 is 0 Å². The van der Waals surface area contributed by atoms with E-state index in [1.807, 2.05) is 13.0 Å². The Bertz CT molecular complexity index is 345. The summed E-state index contributed by atoms with van der Waals surface area (Å²) in [7, 11) is 0. The average molecular weight is 212 g/mol. The molecule has 1 aromatic rings. The second kappa shape index (κ2) is 3.79. The van der Waals surface area contributed by atoms with Gasteiger partial charge in [-0.2, -0.15) is 0 Å². The highest BCUT2D eigenvalue weighted by atomic mass is 35.5. The van der Waals surface area contributed by atoms with Crippen LogP contribution >= 0.6 is 11.6 Å². The van der Waals surface area contributed by atoms with Gasteiger partial charge in [0.1, 0.15) is 5.75 Å². The number of aryl methyl sites for hydroxylation is 1. The minimum absolute atomic E-state index is 0.271. The van der Waals surface area contributed by atoms with Gasteiger partial charge in [0.05, 0.1) is 0 Å². The summed E-state index contributed by atoms with van der Waals surface area (Å²) < 4.78 is 0. The van der Waals surface area contributed by atoms with Gasteiger partial charge in [-0.15, -0.1) is 0 Å². The van der Waals surface area contributed by atoms with Gasteiger partial charge in [-0.05, 0) is 44.0 Å². The van der Waals surface area contributed by atoms with Crippen molar-refractivity contribution in [3.05, 3.63) is 28.3 Å². The molecular formula is C11H14ClNO. The van der Waals surface area contributed by atoms with Crippen LogP contribution in [0, 0.1) is 6.92 Å². The Balaban J connectivity index is 2.37. The summed E-state index contributed by atoms with van der Waals surface area (Å²) in [5.41, 5.74) is 1.85. The predicted molar refractivity (Wildman–Crippen MR) is 57.8 cm³/mol. The maximum atomic E-state index is 9.78. The molecule has 1 fully saturated rings. The fourth-order valence-corrected chi connectivity index (χ4v) is 2.08. The molecular weight excluding hydrogens is 198 g/mol. The highest BCUT2D eigenvalue weighted by Crippen LogP contribution is 2.33. The minimum Gasteiger partial charge on any atom is -0.508 e. The van der Waals surface area contributed by atoms with E-state index in [0.29, 0.717) is 5.75 Å². The summed E-state index contributed by atoms with van der Waals surface area (Å²) in [6.45, 7) is 2.92. The maximum Gasteiger partial charge on any atom is 0.120 e. The lowest BCUT2D eigenvalue weighted by molar-refractivity contribution is 0.456. The number of hydrogen-bond donors (Lipinski definition) is 2. The minimum atomic E-state index is 0.271. The van der Waals surface area contributed by atoms with Crippen molar-refractivity contribution in [3.8, 4) is 5.75 Å². The molecule has 1 heterocycles. The van der Waals surface area contributed by atoms with E-state index in [2.05, 4.69) is 5.32 Å². The van der Waals surface area contributed by atoms with Gasteiger partial charge in [0.2, 0.25) is 0 Å². The zero-order valence-electron chi connectivity index (χ0n) is 8.18. The Hall–Kier alpha value is -0.730. The van der Waals surface area contributed by atoms with E-state index in [4.69, 9.17) is 11.6 Å². The number of nitrogens with one attached hydrogen (secondary N) is 1.